The van der Waals surface area contributed by atoms with Gasteiger partial charge in [0, 0.05) is 6.42 Å². The molecule has 0 spiro atoms. The molecule has 0 aromatic rings. The van der Waals surface area contributed by atoms with E-state index in [0.29, 0.717) is 12.8 Å². The van der Waals surface area contributed by atoms with Crippen LogP contribution in [0.2, 0.25) is 0 Å². The molecule has 19 heteroatoms. The predicted molar refractivity (Wildman–Crippen MR) is 351 cm³/mol. The van der Waals surface area contributed by atoms with Crippen LogP contribution in [-0.4, -0.2) is 193 Å². The zero-order valence-corrected chi connectivity index (χ0v) is 55.4. The Bertz CT molecular complexity index is 1870. The van der Waals surface area contributed by atoms with Crippen LogP contribution >= 0.6 is 0 Å². The van der Waals surface area contributed by atoms with Gasteiger partial charge in [-0.05, 0) is 57.8 Å². The van der Waals surface area contributed by atoms with Gasteiger partial charge in [0.15, 0.2) is 18.9 Å². The van der Waals surface area contributed by atoms with Crippen molar-refractivity contribution in [3.63, 3.8) is 0 Å². The summed E-state index contributed by atoms with van der Waals surface area (Å²) >= 11 is 0. The van der Waals surface area contributed by atoms with Gasteiger partial charge in [0.2, 0.25) is 5.91 Å². The minimum absolute atomic E-state index is 0.243. The highest BCUT2D eigenvalue weighted by Gasteiger charge is 2.53. The SMILES string of the molecule is CC/C=C\C/C=C\C/C=C\C/C=C\C/C=C\CCCCCCCCCCCCCCCCCCCCCC(=O)NC(COC1OC(CO)C(OC2OC(CO)C(OC3OC(CO)C(O)C(O)C3O)C(O)C2O)C(O)C1O)C(O)CCCCCCCCCCCC. The maximum absolute atomic E-state index is 13.4. The second kappa shape index (κ2) is 52.7. The second-order valence-electron chi connectivity index (χ2n) is 25.3. The second-order valence-corrected chi connectivity index (χ2v) is 25.3. The number of nitrogens with one attached hydrogen (secondary N) is 1. The molecule has 3 saturated heterocycles. The molecular weight excluding hydrogens is 1150 g/mol. The van der Waals surface area contributed by atoms with Crippen molar-refractivity contribution >= 4 is 5.91 Å². The number of carbonyl (C=O) groups excluding carboxylic acids is 1. The Hall–Kier alpha value is -2.51. The van der Waals surface area contributed by atoms with Gasteiger partial charge in [-0.25, -0.2) is 0 Å². The molecule has 0 saturated carbocycles. The molecule has 17 unspecified atom stereocenters. The first-order valence-corrected chi connectivity index (χ1v) is 35.5. The van der Waals surface area contributed by atoms with Crippen molar-refractivity contribution in [2.24, 2.45) is 0 Å². The third-order valence-electron chi connectivity index (χ3n) is 17.6. The molecule has 0 radical (unpaired) electrons. The Kier molecular flexibility index (Phi) is 47.9. The minimum Gasteiger partial charge on any atom is -0.394 e. The van der Waals surface area contributed by atoms with Crippen molar-refractivity contribution in [3.8, 4) is 0 Å². The van der Waals surface area contributed by atoms with Gasteiger partial charge in [0.1, 0.15) is 73.2 Å². The molecule has 3 aliphatic heterocycles. The number of hydrogen-bond acceptors (Lipinski definition) is 18. The molecule has 3 rings (SSSR count). The van der Waals surface area contributed by atoms with E-state index in [2.05, 4.69) is 79.9 Å². The molecule has 1 amide bonds. The van der Waals surface area contributed by atoms with Crippen molar-refractivity contribution < 1.29 is 89.4 Å². The molecule has 3 aliphatic rings. The van der Waals surface area contributed by atoms with Crippen LogP contribution in [0.5, 0.6) is 0 Å². The fourth-order valence-electron chi connectivity index (χ4n) is 11.9. The van der Waals surface area contributed by atoms with Crippen molar-refractivity contribution in [3.05, 3.63) is 60.8 Å². The molecule has 12 N–H and O–H groups in total. The number of allylic oxidation sites excluding steroid dienone is 10. The number of hydrogen-bond donors (Lipinski definition) is 12. The van der Waals surface area contributed by atoms with Crippen LogP contribution < -0.4 is 5.32 Å². The van der Waals surface area contributed by atoms with E-state index in [1.807, 2.05) is 0 Å². The quantitative estimate of drug-likeness (QED) is 0.0199. The smallest absolute Gasteiger partial charge is 0.220 e. The number of carbonyl (C=O) groups is 1. The molecule has 524 valence electrons. The van der Waals surface area contributed by atoms with Crippen LogP contribution in [-0.2, 0) is 33.2 Å². The van der Waals surface area contributed by atoms with Gasteiger partial charge in [-0.15, -0.1) is 0 Å². The molecule has 19 nitrogen and oxygen atoms in total. The molecule has 0 aromatic carbocycles. The van der Waals surface area contributed by atoms with E-state index < -0.39 is 124 Å². The lowest BCUT2D eigenvalue weighted by molar-refractivity contribution is -0.379. The molecule has 0 aromatic heterocycles. The molecule has 3 heterocycles. The predicted octanol–water partition coefficient (Wildman–Crippen LogP) is 9.55. The van der Waals surface area contributed by atoms with E-state index >= 15 is 0 Å². The summed E-state index contributed by atoms with van der Waals surface area (Å²) in [7, 11) is 0. The highest BCUT2D eigenvalue weighted by atomic mass is 16.8. The van der Waals surface area contributed by atoms with Gasteiger partial charge in [-0.2, -0.15) is 0 Å². The van der Waals surface area contributed by atoms with E-state index in [0.717, 1.165) is 77.0 Å². The Labute approximate surface area is 541 Å². The van der Waals surface area contributed by atoms with Gasteiger partial charge in [-0.1, -0.05) is 248 Å². The summed E-state index contributed by atoms with van der Waals surface area (Å²) in [4.78, 5) is 13.4. The first kappa shape index (κ1) is 81.7. The van der Waals surface area contributed by atoms with Gasteiger partial charge in [0.05, 0.1) is 38.6 Å². The molecule has 3 fully saturated rings. The number of unbranched alkanes of at least 4 members (excludes halogenated alkanes) is 28. The van der Waals surface area contributed by atoms with Crippen LogP contribution in [0.3, 0.4) is 0 Å². The average Bonchev–Trinajstić information content (AvgIpc) is 1.08. The van der Waals surface area contributed by atoms with Gasteiger partial charge >= 0.3 is 0 Å². The molecular formula is C71H127NO18. The number of aliphatic hydroxyl groups excluding tert-OH is 11. The lowest BCUT2D eigenvalue weighted by Gasteiger charge is -2.48. The lowest BCUT2D eigenvalue weighted by atomic mass is 9.96. The summed E-state index contributed by atoms with van der Waals surface area (Å²) in [6, 6.07) is -0.886. The summed E-state index contributed by atoms with van der Waals surface area (Å²) in [6.45, 7) is 1.66. The lowest BCUT2D eigenvalue weighted by Crippen LogP contribution is -2.66. The first-order chi connectivity index (χ1) is 43.8. The summed E-state index contributed by atoms with van der Waals surface area (Å²) in [5.74, 6) is -0.243. The maximum Gasteiger partial charge on any atom is 0.220 e. The summed E-state index contributed by atoms with van der Waals surface area (Å²) < 4.78 is 34.3. The largest absolute Gasteiger partial charge is 0.394 e. The van der Waals surface area contributed by atoms with E-state index in [1.165, 1.54) is 141 Å². The average molecular weight is 1280 g/mol. The minimum atomic E-state index is -1.97. The third-order valence-corrected chi connectivity index (χ3v) is 17.6. The summed E-state index contributed by atoms with van der Waals surface area (Å²) in [6.07, 6.45) is 37.7. The monoisotopic (exact) mass is 1280 g/mol. The topological polar surface area (TPSA) is 307 Å². The van der Waals surface area contributed by atoms with Crippen molar-refractivity contribution in [1.82, 2.24) is 5.32 Å². The van der Waals surface area contributed by atoms with E-state index in [9.17, 15) is 61.0 Å². The number of rotatable bonds is 54. The Morgan fingerprint density at radius 2 is 0.767 bits per heavy atom. The molecule has 0 aliphatic carbocycles. The number of aliphatic hydroxyl groups is 11. The summed E-state index contributed by atoms with van der Waals surface area (Å²) in [5, 5.41) is 120. The highest BCUT2D eigenvalue weighted by Crippen LogP contribution is 2.33. The number of ether oxygens (including phenoxy) is 6. The standard InChI is InChI=1S/C71H127NO18/c1-3-5-7-9-11-13-15-16-17-18-19-20-21-22-23-24-25-26-27-28-29-30-31-32-33-34-35-36-37-38-39-41-43-45-47-49-59(77)72-54(55(76)48-46-44-42-40-14-12-10-8-6-4-2)53-85-69-65(83)62(80)67(57(51-74)87-69)90-71-66(84)63(81)68(58(52-75)88-71)89-70-64(82)61(79)60(78)56(50-73)86-70/h5,7,11,13,16-17,19-20,22-23,54-58,60-71,73-76,78-84H,3-4,6,8-10,12,14-15,18,21,24-53H2,1-2H3,(H,72,77)/b7-5-,13-11-,17-16-,20-19-,23-22-. The highest BCUT2D eigenvalue weighted by molar-refractivity contribution is 5.76. The van der Waals surface area contributed by atoms with Gasteiger partial charge < -0.3 is 89.9 Å². The first-order valence-electron chi connectivity index (χ1n) is 35.5. The fraction of sp³-hybridized carbons (Fsp3) is 0.845. The zero-order valence-electron chi connectivity index (χ0n) is 55.4. The number of amides is 1. The zero-order chi connectivity index (χ0) is 65.4. The van der Waals surface area contributed by atoms with E-state index in [-0.39, 0.29) is 18.9 Å². The third kappa shape index (κ3) is 34.2. The molecule has 0 bridgehead atoms. The Morgan fingerprint density at radius 1 is 0.411 bits per heavy atom. The van der Waals surface area contributed by atoms with Crippen LogP contribution in [0.15, 0.2) is 60.8 Å². The van der Waals surface area contributed by atoms with Crippen LogP contribution in [0.25, 0.3) is 0 Å². The fourth-order valence-corrected chi connectivity index (χ4v) is 11.9. The van der Waals surface area contributed by atoms with Crippen molar-refractivity contribution in [2.75, 3.05) is 26.4 Å². The normalized spacial score (nSPS) is 28.4. The van der Waals surface area contributed by atoms with E-state index in [4.69, 9.17) is 28.4 Å². The Morgan fingerprint density at radius 3 is 1.20 bits per heavy atom. The molecule has 17 atom stereocenters. The van der Waals surface area contributed by atoms with Crippen LogP contribution in [0, 0.1) is 0 Å². The maximum atomic E-state index is 13.4. The van der Waals surface area contributed by atoms with Crippen molar-refractivity contribution in [1.29, 1.82) is 0 Å². The summed E-state index contributed by atoms with van der Waals surface area (Å²) in [5.41, 5.74) is 0. The van der Waals surface area contributed by atoms with Crippen LogP contribution in [0.4, 0.5) is 0 Å². The van der Waals surface area contributed by atoms with Gasteiger partial charge in [-0.3, -0.25) is 4.79 Å². The van der Waals surface area contributed by atoms with Crippen molar-refractivity contribution in [2.45, 2.75) is 356 Å². The molecule has 90 heavy (non-hydrogen) atoms. The van der Waals surface area contributed by atoms with E-state index in [1.54, 1.807) is 0 Å². The van der Waals surface area contributed by atoms with Gasteiger partial charge in [0.25, 0.3) is 0 Å². The van der Waals surface area contributed by atoms with Crippen LogP contribution in [0.1, 0.15) is 251 Å². The Balaban J connectivity index is 1.31.